The van der Waals surface area contributed by atoms with Crippen molar-refractivity contribution < 1.29 is 19.5 Å². The lowest BCUT2D eigenvalue weighted by atomic mass is 10.1. The van der Waals surface area contributed by atoms with Crippen molar-refractivity contribution >= 4 is 46.0 Å². The van der Waals surface area contributed by atoms with Crippen molar-refractivity contribution in [3.05, 3.63) is 77.0 Å². The molecule has 1 saturated heterocycles. The third kappa shape index (κ3) is 8.37. The molecule has 1 aliphatic heterocycles. The van der Waals surface area contributed by atoms with Gasteiger partial charge in [0.2, 0.25) is 5.91 Å². The first-order chi connectivity index (χ1) is 18.9. The second-order valence-electron chi connectivity index (χ2n) is 9.18. The molecular formula is C28H33N5O4S2. The van der Waals surface area contributed by atoms with E-state index in [0.29, 0.717) is 61.2 Å². The average molecular weight is 568 g/mol. The van der Waals surface area contributed by atoms with Crippen LogP contribution in [0.1, 0.15) is 45.2 Å². The summed E-state index contributed by atoms with van der Waals surface area (Å²) in [5.41, 5.74) is 3.30. The molecule has 3 amide bonds. The fraction of sp³-hybridized carbons (Fsp3) is 0.357. The van der Waals surface area contributed by atoms with Crippen LogP contribution in [-0.4, -0.2) is 76.9 Å². The zero-order valence-electron chi connectivity index (χ0n) is 21.9. The number of hydrogen-bond donors (Lipinski definition) is 3. The Morgan fingerprint density at radius 1 is 1.00 bits per heavy atom. The van der Waals surface area contributed by atoms with Crippen molar-refractivity contribution in [1.82, 2.24) is 20.1 Å². The highest BCUT2D eigenvalue weighted by atomic mass is 32.2. The lowest BCUT2D eigenvalue weighted by molar-refractivity contribution is -0.130. The maximum absolute atomic E-state index is 13.0. The van der Waals surface area contributed by atoms with Gasteiger partial charge in [-0.3, -0.25) is 19.7 Å². The van der Waals surface area contributed by atoms with Crippen LogP contribution in [-0.2, 0) is 17.1 Å². The summed E-state index contributed by atoms with van der Waals surface area (Å²) in [7, 11) is 0. The highest BCUT2D eigenvalue weighted by Crippen LogP contribution is 2.31. The van der Waals surface area contributed by atoms with Gasteiger partial charge in [0.05, 0.1) is 10.4 Å². The Kier molecular flexibility index (Phi) is 10.5. The molecule has 0 aliphatic carbocycles. The molecule has 11 heteroatoms. The van der Waals surface area contributed by atoms with Gasteiger partial charge in [-0.1, -0.05) is 35.6 Å². The number of thiazole rings is 1. The average Bonchev–Trinajstić information content (AvgIpc) is 3.41. The molecule has 3 N–H and O–H groups in total. The molecule has 0 atom stereocenters. The summed E-state index contributed by atoms with van der Waals surface area (Å²) in [5.74, 6) is 0.484. The number of aliphatic hydroxyl groups is 1. The van der Waals surface area contributed by atoms with Crippen molar-refractivity contribution in [1.29, 1.82) is 0 Å². The van der Waals surface area contributed by atoms with Crippen molar-refractivity contribution in [2.24, 2.45) is 0 Å². The van der Waals surface area contributed by atoms with Crippen LogP contribution in [0.2, 0.25) is 0 Å². The first-order valence-corrected chi connectivity index (χ1v) is 14.7. The van der Waals surface area contributed by atoms with E-state index >= 15 is 0 Å². The molecule has 1 fully saturated rings. The molecule has 0 unspecified atom stereocenters. The van der Waals surface area contributed by atoms with E-state index in [0.717, 1.165) is 21.9 Å². The molecule has 4 rings (SSSR count). The van der Waals surface area contributed by atoms with Gasteiger partial charge in [-0.2, -0.15) is 0 Å². The third-order valence-corrected chi connectivity index (χ3v) is 8.51. The molecule has 2 heterocycles. The molecular weight excluding hydrogens is 534 g/mol. The molecule has 9 nitrogen and oxygen atoms in total. The summed E-state index contributed by atoms with van der Waals surface area (Å²) < 4.78 is 0.965. The molecule has 0 radical (unpaired) electrons. The summed E-state index contributed by atoms with van der Waals surface area (Å²) in [4.78, 5) is 45.1. The molecule has 1 aliphatic rings. The zero-order valence-corrected chi connectivity index (χ0v) is 23.5. The van der Waals surface area contributed by atoms with Gasteiger partial charge in [-0.25, -0.2) is 4.98 Å². The van der Waals surface area contributed by atoms with Crippen LogP contribution >= 0.6 is 23.1 Å². The van der Waals surface area contributed by atoms with Gasteiger partial charge in [0.1, 0.15) is 0 Å². The smallest absolute Gasteiger partial charge is 0.257 e. The molecule has 206 valence electrons. The first-order valence-electron chi connectivity index (χ1n) is 12.9. The Morgan fingerprint density at radius 3 is 2.46 bits per heavy atom. The molecule has 0 saturated carbocycles. The molecule has 0 bridgehead atoms. The Morgan fingerprint density at radius 2 is 1.74 bits per heavy atom. The second-order valence-corrected chi connectivity index (χ2v) is 11.5. The number of benzene rings is 2. The predicted molar refractivity (Wildman–Crippen MR) is 154 cm³/mol. The van der Waals surface area contributed by atoms with Crippen molar-refractivity contribution in [2.45, 2.75) is 29.9 Å². The Balaban J connectivity index is 1.26. The first kappa shape index (κ1) is 28.8. The number of amides is 3. The molecule has 2 aromatic carbocycles. The number of hydrogen-bond acceptors (Lipinski definition) is 8. The third-order valence-electron chi connectivity index (χ3n) is 6.33. The van der Waals surface area contributed by atoms with Crippen LogP contribution in [0.4, 0.5) is 5.13 Å². The number of aliphatic hydroxyl groups excluding tert-OH is 1. The number of anilines is 1. The van der Waals surface area contributed by atoms with Gasteiger partial charge >= 0.3 is 0 Å². The van der Waals surface area contributed by atoms with Gasteiger partial charge in [0.25, 0.3) is 11.8 Å². The van der Waals surface area contributed by atoms with Crippen LogP contribution < -0.4 is 10.6 Å². The lowest BCUT2D eigenvalue weighted by Crippen LogP contribution is -2.50. The summed E-state index contributed by atoms with van der Waals surface area (Å²) in [6, 6.07) is 15.0. The summed E-state index contributed by atoms with van der Waals surface area (Å²) in [6.07, 6.45) is 2.46. The number of rotatable bonds is 11. The van der Waals surface area contributed by atoms with Gasteiger partial charge in [0, 0.05) is 63.1 Å². The van der Waals surface area contributed by atoms with Crippen molar-refractivity contribution in [2.75, 3.05) is 44.6 Å². The van der Waals surface area contributed by atoms with Crippen LogP contribution in [0, 0.1) is 0 Å². The number of thioether (sulfide) groups is 1. The Bertz CT molecular complexity index is 1270. The number of nitrogens with one attached hydrogen (secondary N) is 2. The van der Waals surface area contributed by atoms with E-state index in [4.69, 9.17) is 5.11 Å². The monoisotopic (exact) mass is 567 g/mol. The minimum Gasteiger partial charge on any atom is -0.396 e. The minimum atomic E-state index is -0.212. The zero-order chi connectivity index (χ0) is 27.6. The van der Waals surface area contributed by atoms with Gasteiger partial charge in [-0.05, 0) is 48.4 Å². The maximum Gasteiger partial charge on any atom is 0.257 e. The summed E-state index contributed by atoms with van der Waals surface area (Å²) in [6.45, 7) is 5.36. The van der Waals surface area contributed by atoms with E-state index in [-0.39, 0.29) is 24.3 Å². The topological polar surface area (TPSA) is 115 Å². The van der Waals surface area contributed by atoms with Gasteiger partial charge in [-0.15, -0.1) is 11.8 Å². The summed E-state index contributed by atoms with van der Waals surface area (Å²) >= 11 is 3.01. The van der Waals surface area contributed by atoms with Gasteiger partial charge in [0.15, 0.2) is 5.13 Å². The van der Waals surface area contributed by atoms with E-state index in [1.165, 1.54) is 11.3 Å². The normalized spacial score (nSPS) is 13.4. The fourth-order valence-electron chi connectivity index (χ4n) is 4.12. The fourth-order valence-corrected chi connectivity index (χ4v) is 5.93. The number of aromatic nitrogens is 1. The Labute approximate surface area is 236 Å². The number of nitrogens with zero attached hydrogens (tertiary/aromatic N) is 3. The highest BCUT2D eigenvalue weighted by molar-refractivity contribution is 8.00. The van der Waals surface area contributed by atoms with E-state index < -0.39 is 0 Å². The van der Waals surface area contributed by atoms with Gasteiger partial charge < -0.3 is 20.2 Å². The van der Waals surface area contributed by atoms with Crippen LogP contribution in [0.15, 0.2) is 58.9 Å². The summed E-state index contributed by atoms with van der Waals surface area (Å²) in [5, 5.41) is 15.5. The lowest BCUT2D eigenvalue weighted by Gasteiger charge is -2.34. The molecule has 3 aromatic rings. The van der Waals surface area contributed by atoms with E-state index in [2.05, 4.69) is 15.6 Å². The van der Waals surface area contributed by atoms with Crippen molar-refractivity contribution in [3.8, 4) is 0 Å². The van der Waals surface area contributed by atoms with Crippen molar-refractivity contribution in [3.63, 3.8) is 0 Å². The number of piperazine rings is 1. The quantitative estimate of drug-likeness (QED) is 0.240. The van der Waals surface area contributed by atoms with E-state index in [1.54, 1.807) is 46.8 Å². The minimum absolute atomic E-state index is 0.0150. The Hall–Kier alpha value is -3.25. The number of carbonyl (C=O) groups is 3. The molecule has 1 aromatic heterocycles. The van der Waals surface area contributed by atoms with Crippen LogP contribution in [0.25, 0.3) is 0 Å². The van der Waals surface area contributed by atoms with E-state index in [1.807, 2.05) is 36.4 Å². The SMILES string of the molecule is CC(=O)N1CCN(C(=O)c2cccc(CSc3cnc(NC(=O)c4ccc(CNCCCO)cc4)s3)c2)CC1. The molecule has 39 heavy (non-hydrogen) atoms. The second kappa shape index (κ2) is 14.2. The predicted octanol–water partition coefficient (Wildman–Crippen LogP) is 3.46. The van der Waals surface area contributed by atoms with Crippen LogP contribution in [0.5, 0.6) is 0 Å². The molecule has 0 spiro atoms. The number of carbonyl (C=O) groups excluding carboxylic acids is 3. The maximum atomic E-state index is 13.0. The highest BCUT2D eigenvalue weighted by Gasteiger charge is 2.23. The van der Waals surface area contributed by atoms with E-state index in [9.17, 15) is 14.4 Å². The van der Waals surface area contributed by atoms with Crippen LogP contribution in [0.3, 0.4) is 0 Å². The standard InChI is InChI=1S/C28H33N5O4S2/c1-20(35)32-11-13-33(14-12-32)27(37)24-5-2-4-22(16-24)19-38-25-18-30-28(39-25)31-26(36)23-8-6-21(7-9-23)17-29-10-3-15-34/h2,4-9,16,18,29,34H,3,10-15,17,19H2,1H3,(H,30,31,36). The largest absolute Gasteiger partial charge is 0.396 e.